The van der Waals surface area contributed by atoms with Crippen LogP contribution < -0.4 is 15.8 Å². The summed E-state index contributed by atoms with van der Waals surface area (Å²) in [5, 5.41) is 2.87. The Balaban J connectivity index is 1.32. The number of fused-ring (bicyclic) bond motifs is 1. The van der Waals surface area contributed by atoms with Crippen LogP contribution in [0.4, 0.5) is 5.69 Å². The van der Waals surface area contributed by atoms with Crippen molar-refractivity contribution in [1.29, 1.82) is 0 Å². The number of piperidine rings is 1. The van der Waals surface area contributed by atoms with E-state index in [4.69, 9.17) is 9.15 Å². The molecule has 1 aliphatic heterocycles. The molecule has 0 saturated carbocycles. The maximum absolute atomic E-state index is 12.4. The Morgan fingerprint density at radius 1 is 1.17 bits per heavy atom. The number of oxazole rings is 1. The highest BCUT2D eigenvalue weighted by molar-refractivity contribution is 5.90. The van der Waals surface area contributed by atoms with Gasteiger partial charge in [0.15, 0.2) is 5.58 Å². The standard InChI is InChI=1S/C23H27N3O4/c1-16-3-8-21-20(15-16)26(23(28)30-21)14-11-22(27)24-17-4-6-18(7-5-17)29-19-9-12-25(2)13-10-19/h3-8,15,19H,9-14H2,1-2H3,(H,24,27). The highest BCUT2D eigenvalue weighted by Crippen LogP contribution is 2.21. The number of amides is 1. The summed E-state index contributed by atoms with van der Waals surface area (Å²) >= 11 is 0. The fourth-order valence-electron chi connectivity index (χ4n) is 3.73. The smallest absolute Gasteiger partial charge is 0.419 e. The number of hydrogen-bond acceptors (Lipinski definition) is 5. The third kappa shape index (κ3) is 4.74. The molecule has 4 rings (SSSR count). The van der Waals surface area contributed by atoms with E-state index in [1.807, 2.05) is 43.3 Å². The van der Waals surface area contributed by atoms with E-state index >= 15 is 0 Å². The Morgan fingerprint density at radius 3 is 2.63 bits per heavy atom. The number of nitrogens with one attached hydrogen (secondary N) is 1. The third-order valence-electron chi connectivity index (χ3n) is 5.49. The number of aryl methyl sites for hydroxylation is 2. The van der Waals surface area contributed by atoms with Gasteiger partial charge in [0, 0.05) is 31.7 Å². The van der Waals surface area contributed by atoms with Gasteiger partial charge in [0.2, 0.25) is 5.91 Å². The molecule has 7 heteroatoms. The van der Waals surface area contributed by atoms with E-state index < -0.39 is 5.76 Å². The van der Waals surface area contributed by atoms with E-state index in [-0.39, 0.29) is 25.0 Å². The lowest BCUT2D eigenvalue weighted by Gasteiger charge is -2.29. The van der Waals surface area contributed by atoms with Crippen LogP contribution in [-0.2, 0) is 11.3 Å². The van der Waals surface area contributed by atoms with E-state index in [9.17, 15) is 9.59 Å². The minimum absolute atomic E-state index is 0.159. The van der Waals surface area contributed by atoms with Crippen molar-refractivity contribution in [2.45, 2.75) is 38.8 Å². The average Bonchev–Trinajstić information content (AvgIpc) is 3.04. The van der Waals surface area contributed by atoms with Crippen LogP contribution in [0.3, 0.4) is 0 Å². The van der Waals surface area contributed by atoms with E-state index in [1.54, 1.807) is 6.07 Å². The Morgan fingerprint density at radius 2 is 1.90 bits per heavy atom. The molecule has 1 aliphatic rings. The van der Waals surface area contributed by atoms with Crippen molar-refractivity contribution in [2.24, 2.45) is 0 Å². The zero-order chi connectivity index (χ0) is 21.1. The molecule has 1 saturated heterocycles. The van der Waals surface area contributed by atoms with Gasteiger partial charge in [-0.05, 0) is 68.8 Å². The molecule has 0 atom stereocenters. The van der Waals surface area contributed by atoms with Crippen LogP contribution in [-0.4, -0.2) is 41.6 Å². The molecule has 0 aliphatic carbocycles. The number of benzene rings is 2. The van der Waals surface area contributed by atoms with Crippen molar-refractivity contribution in [2.75, 3.05) is 25.5 Å². The fourth-order valence-corrected chi connectivity index (χ4v) is 3.73. The summed E-state index contributed by atoms with van der Waals surface area (Å²) in [5.74, 6) is 0.209. The molecule has 2 aromatic carbocycles. The van der Waals surface area contributed by atoms with Crippen molar-refractivity contribution in [3.63, 3.8) is 0 Å². The molecular formula is C23H27N3O4. The number of aromatic nitrogens is 1. The van der Waals surface area contributed by atoms with E-state index in [2.05, 4.69) is 17.3 Å². The maximum Gasteiger partial charge on any atom is 0.419 e. The van der Waals surface area contributed by atoms with Crippen LogP contribution >= 0.6 is 0 Å². The fraction of sp³-hybridized carbons (Fsp3) is 0.391. The lowest BCUT2D eigenvalue weighted by molar-refractivity contribution is -0.116. The van der Waals surface area contributed by atoms with Gasteiger partial charge in [-0.15, -0.1) is 0 Å². The van der Waals surface area contributed by atoms with E-state index in [0.717, 1.165) is 37.2 Å². The number of carbonyl (C=O) groups is 1. The number of rotatable bonds is 6. The quantitative estimate of drug-likeness (QED) is 0.675. The summed E-state index contributed by atoms with van der Waals surface area (Å²) in [6.45, 7) is 4.31. The molecule has 30 heavy (non-hydrogen) atoms. The molecule has 2 heterocycles. The molecule has 0 bridgehead atoms. The molecule has 158 valence electrons. The Labute approximate surface area is 175 Å². The van der Waals surface area contributed by atoms with Crippen molar-refractivity contribution in [3.8, 4) is 5.75 Å². The monoisotopic (exact) mass is 409 g/mol. The van der Waals surface area contributed by atoms with Gasteiger partial charge in [0.05, 0.1) is 5.52 Å². The highest BCUT2D eigenvalue weighted by atomic mass is 16.5. The average molecular weight is 409 g/mol. The van der Waals surface area contributed by atoms with E-state index in [1.165, 1.54) is 4.57 Å². The molecule has 0 radical (unpaired) electrons. The Hall–Kier alpha value is -3.06. The van der Waals surface area contributed by atoms with Gasteiger partial charge in [-0.25, -0.2) is 4.79 Å². The molecule has 1 amide bonds. The SMILES string of the molecule is Cc1ccc2oc(=O)n(CCC(=O)Nc3ccc(OC4CCN(C)CC4)cc3)c2c1. The van der Waals surface area contributed by atoms with Crippen LogP contribution in [0.5, 0.6) is 5.75 Å². The largest absolute Gasteiger partial charge is 0.490 e. The molecule has 3 aromatic rings. The zero-order valence-corrected chi connectivity index (χ0v) is 17.4. The minimum atomic E-state index is -0.446. The van der Waals surface area contributed by atoms with Gasteiger partial charge in [-0.3, -0.25) is 9.36 Å². The molecule has 7 nitrogen and oxygen atoms in total. The molecule has 1 aromatic heterocycles. The zero-order valence-electron chi connectivity index (χ0n) is 17.4. The minimum Gasteiger partial charge on any atom is -0.490 e. The first-order chi connectivity index (χ1) is 14.5. The lowest BCUT2D eigenvalue weighted by Crippen LogP contribution is -2.35. The van der Waals surface area contributed by atoms with Gasteiger partial charge in [-0.1, -0.05) is 6.07 Å². The first-order valence-corrected chi connectivity index (χ1v) is 10.3. The van der Waals surface area contributed by atoms with E-state index in [0.29, 0.717) is 16.8 Å². The van der Waals surface area contributed by atoms with Gasteiger partial charge < -0.3 is 19.4 Å². The second kappa shape index (κ2) is 8.75. The summed E-state index contributed by atoms with van der Waals surface area (Å²) < 4.78 is 12.8. The first kappa shape index (κ1) is 20.2. The van der Waals surface area contributed by atoms with Gasteiger partial charge in [0.1, 0.15) is 11.9 Å². The van der Waals surface area contributed by atoms with Crippen molar-refractivity contribution < 1.29 is 13.9 Å². The third-order valence-corrected chi connectivity index (χ3v) is 5.49. The summed E-state index contributed by atoms with van der Waals surface area (Å²) in [7, 11) is 2.13. The second-order valence-corrected chi connectivity index (χ2v) is 7.93. The summed E-state index contributed by atoms with van der Waals surface area (Å²) in [6.07, 6.45) is 2.47. The number of hydrogen-bond donors (Lipinski definition) is 1. The Kier molecular flexibility index (Phi) is 5.90. The first-order valence-electron chi connectivity index (χ1n) is 10.3. The second-order valence-electron chi connectivity index (χ2n) is 7.93. The number of ether oxygens (including phenoxy) is 1. The summed E-state index contributed by atoms with van der Waals surface area (Å²) in [6, 6.07) is 13.0. The van der Waals surface area contributed by atoms with Crippen LogP contribution in [0.2, 0.25) is 0 Å². The van der Waals surface area contributed by atoms with Crippen LogP contribution in [0.25, 0.3) is 11.1 Å². The summed E-state index contributed by atoms with van der Waals surface area (Å²) in [5.41, 5.74) is 2.98. The summed E-state index contributed by atoms with van der Waals surface area (Å²) in [4.78, 5) is 26.8. The lowest BCUT2D eigenvalue weighted by atomic mass is 10.1. The van der Waals surface area contributed by atoms with Crippen molar-refractivity contribution in [1.82, 2.24) is 9.47 Å². The molecule has 0 spiro atoms. The van der Waals surface area contributed by atoms with Crippen LogP contribution in [0.15, 0.2) is 51.7 Å². The normalized spacial score (nSPS) is 15.4. The predicted octanol–water partition coefficient (Wildman–Crippen LogP) is 3.40. The number of likely N-dealkylation sites (tertiary alicyclic amines) is 1. The molecule has 0 unspecified atom stereocenters. The molecule has 1 fully saturated rings. The topological polar surface area (TPSA) is 76.7 Å². The van der Waals surface area contributed by atoms with Crippen LogP contribution in [0.1, 0.15) is 24.8 Å². The van der Waals surface area contributed by atoms with Crippen molar-refractivity contribution in [3.05, 3.63) is 58.6 Å². The number of nitrogens with zero attached hydrogens (tertiary/aromatic N) is 2. The predicted molar refractivity (Wildman–Crippen MR) is 116 cm³/mol. The van der Waals surface area contributed by atoms with Gasteiger partial charge in [0.25, 0.3) is 0 Å². The maximum atomic E-state index is 12.4. The van der Waals surface area contributed by atoms with Crippen molar-refractivity contribution >= 4 is 22.7 Å². The Bertz CT molecular complexity index is 1080. The number of anilines is 1. The highest BCUT2D eigenvalue weighted by Gasteiger charge is 2.18. The number of carbonyl (C=O) groups excluding carboxylic acids is 1. The molecule has 1 N–H and O–H groups in total. The van der Waals surface area contributed by atoms with Gasteiger partial charge in [-0.2, -0.15) is 0 Å². The van der Waals surface area contributed by atoms with Gasteiger partial charge >= 0.3 is 5.76 Å². The van der Waals surface area contributed by atoms with Crippen LogP contribution in [0, 0.1) is 6.92 Å². The molecular weight excluding hydrogens is 382 g/mol.